The molecule has 0 radical (unpaired) electrons. The first-order chi connectivity index (χ1) is 15.4. The Bertz CT molecular complexity index is 1130. The number of nitrogens with one attached hydrogen (secondary N) is 2. The van der Waals surface area contributed by atoms with E-state index in [1.807, 2.05) is 12.1 Å². The zero-order valence-corrected chi connectivity index (χ0v) is 18.0. The SMILES string of the molecule is CNC(=O)c1ccc(NC(=O)CC(=O)c2ccc(-c3ccc(OC)cc3OC)cc2)cn1. The third kappa shape index (κ3) is 5.28. The normalized spacial score (nSPS) is 10.2. The molecule has 0 atom stereocenters. The van der Waals surface area contributed by atoms with E-state index >= 15 is 0 Å². The van der Waals surface area contributed by atoms with Crippen LogP contribution in [0.3, 0.4) is 0 Å². The van der Waals surface area contributed by atoms with Gasteiger partial charge in [0.1, 0.15) is 17.2 Å². The molecule has 3 aromatic rings. The summed E-state index contributed by atoms with van der Waals surface area (Å²) in [5, 5.41) is 5.07. The number of amides is 2. The van der Waals surface area contributed by atoms with Crippen LogP contribution < -0.4 is 20.1 Å². The molecule has 1 heterocycles. The van der Waals surface area contributed by atoms with Gasteiger partial charge in [0, 0.05) is 24.2 Å². The Labute approximate surface area is 185 Å². The second-order valence-electron chi connectivity index (χ2n) is 6.80. The number of rotatable bonds is 8. The lowest BCUT2D eigenvalue weighted by Crippen LogP contribution is -2.20. The molecule has 164 valence electrons. The van der Waals surface area contributed by atoms with Crippen LogP contribution in [0.15, 0.2) is 60.8 Å². The van der Waals surface area contributed by atoms with Crippen molar-refractivity contribution >= 4 is 23.3 Å². The fraction of sp³-hybridized carbons (Fsp3) is 0.167. The maximum Gasteiger partial charge on any atom is 0.269 e. The molecule has 3 rings (SSSR count). The van der Waals surface area contributed by atoms with Crippen molar-refractivity contribution in [1.29, 1.82) is 0 Å². The molecule has 0 aliphatic heterocycles. The smallest absolute Gasteiger partial charge is 0.269 e. The minimum atomic E-state index is -0.467. The summed E-state index contributed by atoms with van der Waals surface area (Å²) in [5.41, 5.74) is 2.78. The number of ketones is 1. The van der Waals surface area contributed by atoms with Crippen LogP contribution in [0, 0.1) is 0 Å². The zero-order chi connectivity index (χ0) is 23.1. The van der Waals surface area contributed by atoms with E-state index in [0.29, 0.717) is 22.7 Å². The minimum Gasteiger partial charge on any atom is -0.497 e. The van der Waals surface area contributed by atoms with Crippen LogP contribution >= 0.6 is 0 Å². The Hall–Kier alpha value is -4.20. The summed E-state index contributed by atoms with van der Waals surface area (Å²) in [4.78, 5) is 40.2. The number of nitrogens with zero attached hydrogens (tertiary/aromatic N) is 1. The molecule has 0 aliphatic carbocycles. The molecule has 1 aromatic heterocycles. The van der Waals surface area contributed by atoms with Gasteiger partial charge in [-0.25, -0.2) is 4.98 Å². The van der Waals surface area contributed by atoms with Crippen molar-refractivity contribution in [2.75, 3.05) is 26.6 Å². The van der Waals surface area contributed by atoms with E-state index in [0.717, 1.165) is 11.1 Å². The van der Waals surface area contributed by atoms with Crippen LogP contribution in [0.5, 0.6) is 11.5 Å². The van der Waals surface area contributed by atoms with Gasteiger partial charge in [0.25, 0.3) is 5.91 Å². The maximum absolute atomic E-state index is 12.5. The third-order valence-corrected chi connectivity index (χ3v) is 4.75. The second kappa shape index (κ2) is 10.2. The Balaban J connectivity index is 1.64. The van der Waals surface area contributed by atoms with Crippen molar-refractivity contribution < 1.29 is 23.9 Å². The van der Waals surface area contributed by atoms with E-state index in [9.17, 15) is 14.4 Å². The van der Waals surface area contributed by atoms with E-state index in [1.54, 1.807) is 50.6 Å². The highest BCUT2D eigenvalue weighted by atomic mass is 16.5. The lowest BCUT2D eigenvalue weighted by Gasteiger charge is -2.11. The molecule has 2 amide bonds. The lowest BCUT2D eigenvalue weighted by atomic mass is 10.0. The number of hydrogen-bond donors (Lipinski definition) is 2. The lowest BCUT2D eigenvalue weighted by molar-refractivity contribution is -0.115. The Morgan fingerprint density at radius 2 is 1.69 bits per heavy atom. The standard InChI is InChI=1S/C24H23N3O5/c1-25-24(30)20-11-8-17(14-26-20)27-23(29)13-21(28)16-6-4-15(5-7-16)19-10-9-18(31-2)12-22(19)32-3/h4-12,14H,13H2,1-3H3,(H,25,30)(H,27,29). The highest BCUT2D eigenvalue weighted by Gasteiger charge is 2.14. The van der Waals surface area contributed by atoms with E-state index in [4.69, 9.17) is 9.47 Å². The number of hydrogen-bond acceptors (Lipinski definition) is 6. The first-order valence-electron chi connectivity index (χ1n) is 9.78. The van der Waals surface area contributed by atoms with Crippen molar-refractivity contribution in [2.45, 2.75) is 6.42 Å². The van der Waals surface area contributed by atoms with Crippen LogP contribution in [0.4, 0.5) is 5.69 Å². The average Bonchev–Trinajstić information content (AvgIpc) is 2.83. The maximum atomic E-state index is 12.5. The van der Waals surface area contributed by atoms with Gasteiger partial charge in [-0.15, -0.1) is 0 Å². The zero-order valence-electron chi connectivity index (χ0n) is 18.0. The van der Waals surface area contributed by atoms with Crippen LogP contribution in [-0.4, -0.2) is 43.8 Å². The van der Waals surface area contributed by atoms with Crippen molar-refractivity contribution in [3.05, 3.63) is 72.1 Å². The van der Waals surface area contributed by atoms with Gasteiger partial charge in [-0.3, -0.25) is 14.4 Å². The molecule has 2 aromatic carbocycles. The molecule has 0 bridgehead atoms. The van der Waals surface area contributed by atoms with Crippen LogP contribution in [0.1, 0.15) is 27.3 Å². The van der Waals surface area contributed by atoms with Crippen molar-refractivity contribution in [1.82, 2.24) is 10.3 Å². The fourth-order valence-corrected chi connectivity index (χ4v) is 3.06. The monoisotopic (exact) mass is 433 g/mol. The molecule has 8 nitrogen and oxygen atoms in total. The quantitative estimate of drug-likeness (QED) is 0.417. The first kappa shape index (κ1) is 22.5. The highest BCUT2D eigenvalue weighted by Crippen LogP contribution is 2.33. The predicted octanol–water partition coefficient (Wildman–Crippen LogP) is 3.34. The number of methoxy groups -OCH3 is 2. The molecule has 32 heavy (non-hydrogen) atoms. The average molecular weight is 433 g/mol. The number of ether oxygens (including phenoxy) is 2. The van der Waals surface area contributed by atoms with Gasteiger partial charge >= 0.3 is 0 Å². The Kier molecular flexibility index (Phi) is 7.17. The summed E-state index contributed by atoms with van der Waals surface area (Å²) in [6.45, 7) is 0. The molecule has 0 unspecified atom stereocenters. The van der Waals surface area contributed by atoms with Gasteiger partial charge in [0.05, 0.1) is 32.5 Å². The number of carbonyl (C=O) groups excluding carboxylic acids is 3. The van der Waals surface area contributed by atoms with Crippen molar-refractivity contribution in [3.8, 4) is 22.6 Å². The molecule has 0 spiro atoms. The highest BCUT2D eigenvalue weighted by molar-refractivity contribution is 6.11. The number of aromatic nitrogens is 1. The molecular formula is C24H23N3O5. The molecule has 0 fully saturated rings. The van der Waals surface area contributed by atoms with Crippen molar-refractivity contribution in [3.63, 3.8) is 0 Å². The number of Topliss-reactive ketones (excluding diaryl/α,β-unsaturated/α-hetero) is 1. The Morgan fingerprint density at radius 3 is 2.28 bits per heavy atom. The second-order valence-corrected chi connectivity index (χ2v) is 6.80. The summed E-state index contributed by atoms with van der Waals surface area (Å²) in [6.07, 6.45) is 1.05. The molecule has 0 aliphatic rings. The van der Waals surface area contributed by atoms with E-state index in [1.165, 1.54) is 19.3 Å². The number of pyridine rings is 1. The van der Waals surface area contributed by atoms with Gasteiger partial charge < -0.3 is 20.1 Å². The van der Waals surface area contributed by atoms with Gasteiger partial charge in [0.2, 0.25) is 5.91 Å². The molecular weight excluding hydrogens is 410 g/mol. The van der Waals surface area contributed by atoms with Crippen LogP contribution in [0.2, 0.25) is 0 Å². The van der Waals surface area contributed by atoms with E-state index < -0.39 is 5.91 Å². The van der Waals surface area contributed by atoms with Crippen LogP contribution in [0.25, 0.3) is 11.1 Å². The van der Waals surface area contributed by atoms with E-state index in [-0.39, 0.29) is 23.8 Å². The molecule has 0 saturated heterocycles. The molecule has 0 saturated carbocycles. The number of anilines is 1. The van der Waals surface area contributed by atoms with Crippen molar-refractivity contribution in [2.24, 2.45) is 0 Å². The van der Waals surface area contributed by atoms with E-state index in [2.05, 4.69) is 15.6 Å². The topological polar surface area (TPSA) is 107 Å². The summed E-state index contributed by atoms with van der Waals surface area (Å²) >= 11 is 0. The fourth-order valence-electron chi connectivity index (χ4n) is 3.06. The Morgan fingerprint density at radius 1 is 0.938 bits per heavy atom. The van der Waals surface area contributed by atoms with Gasteiger partial charge in [-0.1, -0.05) is 24.3 Å². The van der Waals surface area contributed by atoms with Crippen LogP contribution in [-0.2, 0) is 4.79 Å². The third-order valence-electron chi connectivity index (χ3n) is 4.75. The summed E-state index contributed by atoms with van der Waals surface area (Å²) in [5.74, 6) is 0.227. The minimum absolute atomic E-state index is 0.232. The summed E-state index contributed by atoms with van der Waals surface area (Å²) in [6, 6.07) is 15.5. The van der Waals surface area contributed by atoms with Gasteiger partial charge in [-0.2, -0.15) is 0 Å². The van der Waals surface area contributed by atoms with Gasteiger partial charge in [-0.05, 0) is 29.8 Å². The summed E-state index contributed by atoms with van der Waals surface area (Å²) in [7, 11) is 4.67. The number of carbonyl (C=O) groups is 3. The molecule has 8 heteroatoms. The first-order valence-corrected chi connectivity index (χ1v) is 9.78. The summed E-state index contributed by atoms with van der Waals surface area (Å²) < 4.78 is 10.6. The number of benzene rings is 2. The molecule has 2 N–H and O–H groups in total. The largest absolute Gasteiger partial charge is 0.497 e. The predicted molar refractivity (Wildman–Crippen MR) is 120 cm³/mol. The van der Waals surface area contributed by atoms with Gasteiger partial charge in [0.15, 0.2) is 5.78 Å².